The molecule has 0 fully saturated rings. The molecule has 0 unspecified atom stereocenters. The van der Waals surface area contributed by atoms with E-state index in [-0.39, 0.29) is 12.5 Å². The molecule has 2 aromatic rings. The first-order chi connectivity index (χ1) is 12.4. The van der Waals surface area contributed by atoms with Gasteiger partial charge >= 0.3 is 6.18 Å². The predicted octanol–water partition coefficient (Wildman–Crippen LogP) is 2.65. The lowest BCUT2D eigenvalue weighted by molar-refractivity contribution is -0.137. The van der Waals surface area contributed by atoms with E-state index in [4.69, 9.17) is 4.74 Å². The number of halogens is 3. The molecule has 0 spiro atoms. The third-order valence-corrected chi connectivity index (χ3v) is 4.20. The molecule has 142 valence electrons. The molecule has 0 aliphatic heterocycles. The van der Waals surface area contributed by atoms with E-state index < -0.39 is 11.7 Å². The first-order valence-corrected chi connectivity index (χ1v) is 8.72. The van der Waals surface area contributed by atoms with E-state index in [0.29, 0.717) is 19.0 Å². The van der Waals surface area contributed by atoms with Crippen molar-refractivity contribution in [2.45, 2.75) is 19.5 Å². The molecule has 0 aliphatic carbocycles. The zero-order valence-corrected chi connectivity index (χ0v) is 15.2. The highest BCUT2D eigenvalue weighted by Crippen LogP contribution is 2.29. The highest BCUT2D eigenvalue weighted by molar-refractivity contribution is 7.11. The van der Waals surface area contributed by atoms with Gasteiger partial charge in [0.2, 0.25) is 5.88 Å². The van der Waals surface area contributed by atoms with Crippen LogP contribution in [0.3, 0.4) is 0 Å². The van der Waals surface area contributed by atoms with Crippen LogP contribution in [0.2, 0.25) is 0 Å². The molecule has 10 heteroatoms. The minimum Gasteiger partial charge on any atom is -0.476 e. The van der Waals surface area contributed by atoms with Gasteiger partial charge in [-0.2, -0.15) is 13.2 Å². The number of hydrogen-bond acceptors (Lipinski definition) is 5. The summed E-state index contributed by atoms with van der Waals surface area (Å²) in [7, 11) is 1.65. The second-order valence-corrected chi connectivity index (χ2v) is 6.59. The number of pyridine rings is 1. The molecule has 0 aromatic carbocycles. The summed E-state index contributed by atoms with van der Waals surface area (Å²) in [6, 6.07) is 2.14. The number of guanidine groups is 1. The van der Waals surface area contributed by atoms with Crippen LogP contribution in [0.15, 0.2) is 29.5 Å². The van der Waals surface area contributed by atoms with Crippen LogP contribution in [0, 0.1) is 6.92 Å². The smallest absolute Gasteiger partial charge is 0.417 e. The topological polar surface area (TPSA) is 71.4 Å². The van der Waals surface area contributed by atoms with Crippen molar-refractivity contribution in [1.82, 2.24) is 20.6 Å². The molecule has 0 atom stereocenters. The molecule has 0 aliphatic rings. The maximum Gasteiger partial charge on any atom is 0.417 e. The van der Waals surface area contributed by atoms with Crippen LogP contribution >= 0.6 is 11.3 Å². The van der Waals surface area contributed by atoms with E-state index in [1.807, 2.05) is 13.1 Å². The van der Waals surface area contributed by atoms with Gasteiger partial charge in [0.25, 0.3) is 0 Å². The lowest BCUT2D eigenvalue weighted by Gasteiger charge is -2.12. The third kappa shape index (κ3) is 6.51. The van der Waals surface area contributed by atoms with Crippen molar-refractivity contribution in [1.29, 1.82) is 0 Å². The van der Waals surface area contributed by atoms with Crippen molar-refractivity contribution in [3.63, 3.8) is 0 Å². The second kappa shape index (κ2) is 9.37. The summed E-state index contributed by atoms with van der Waals surface area (Å²) in [5.41, 5.74) is -0.803. The molecule has 0 radical (unpaired) electrons. The van der Waals surface area contributed by atoms with E-state index in [9.17, 15) is 13.2 Å². The number of rotatable bonds is 7. The van der Waals surface area contributed by atoms with Crippen LogP contribution in [0.1, 0.15) is 15.4 Å². The summed E-state index contributed by atoms with van der Waals surface area (Å²) < 4.78 is 42.7. The van der Waals surface area contributed by atoms with Crippen molar-refractivity contribution in [2.75, 3.05) is 26.7 Å². The van der Waals surface area contributed by atoms with Crippen molar-refractivity contribution in [3.05, 3.63) is 40.0 Å². The lowest BCUT2D eigenvalue weighted by Crippen LogP contribution is -2.40. The van der Waals surface area contributed by atoms with Gasteiger partial charge in [-0.1, -0.05) is 0 Å². The zero-order chi connectivity index (χ0) is 19.0. The number of thiazole rings is 1. The van der Waals surface area contributed by atoms with Gasteiger partial charge in [0.05, 0.1) is 17.1 Å². The van der Waals surface area contributed by atoms with Gasteiger partial charge in [0, 0.05) is 43.4 Å². The summed E-state index contributed by atoms with van der Waals surface area (Å²) in [5, 5.41) is 7.27. The number of aryl methyl sites for hydroxylation is 1. The Hall–Kier alpha value is -2.36. The second-order valence-electron chi connectivity index (χ2n) is 5.27. The summed E-state index contributed by atoms with van der Waals surface area (Å²) in [6.07, 6.45) is -1.00. The molecule has 2 heterocycles. The van der Waals surface area contributed by atoms with Gasteiger partial charge < -0.3 is 15.4 Å². The predicted molar refractivity (Wildman–Crippen MR) is 94.7 cm³/mol. The van der Waals surface area contributed by atoms with Gasteiger partial charge in [-0.3, -0.25) is 4.99 Å². The number of aliphatic imine (C=N–C) groups is 1. The maximum absolute atomic E-state index is 12.5. The first kappa shape index (κ1) is 20.0. The highest BCUT2D eigenvalue weighted by atomic mass is 32.1. The van der Waals surface area contributed by atoms with Crippen LogP contribution in [0.5, 0.6) is 5.88 Å². The number of hydrogen-bond donors (Lipinski definition) is 2. The number of alkyl halides is 3. The summed E-state index contributed by atoms with van der Waals surface area (Å²) in [6.45, 7) is 3.37. The molecule has 0 amide bonds. The molecule has 26 heavy (non-hydrogen) atoms. The first-order valence-electron chi connectivity index (χ1n) is 7.90. The molecule has 2 N–H and O–H groups in total. The normalized spacial score (nSPS) is 12.1. The molecule has 0 saturated carbocycles. The summed E-state index contributed by atoms with van der Waals surface area (Å²) >= 11 is 1.66. The van der Waals surface area contributed by atoms with Crippen molar-refractivity contribution >= 4 is 17.3 Å². The van der Waals surface area contributed by atoms with Crippen LogP contribution in [0.4, 0.5) is 13.2 Å². The third-order valence-electron chi connectivity index (χ3n) is 3.23. The van der Waals surface area contributed by atoms with E-state index >= 15 is 0 Å². The monoisotopic (exact) mass is 387 g/mol. The average molecular weight is 387 g/mol. The minimum absolute atomic E-state index is 0.141. The van der Waals surface area contributed by atoms with E-state index in [2.05, 4.69) is 25.6 Å². The van der Waals surface area contributed by atoms with E-state index in [1.165, 1.54) is 10.9 Å². The number of aromatic nitrogens is 2. The molecule has 6 nitrogen and oxygen atoms in total. The average Bonchev–Trinajstić information content (AvgIpc) is 3.02. The number of nitrogens with zero attached hydrogens (tertiary/aromatic N) is 3. The largest absolute Gasteiger partial charge is 0.476 e. The Bertz CT molecular complexity index is 715. The Morgan fingerprint density at radius 3 is 2.54 bits per heavy atom. The maximum atomic E-state index is 12.5. The molecule has 0 saturated heterocycles. The number of ether oxygens (including phenoxy) is 1. The summed E-state index contributed by atoms with van der Waals surface area (Å²) in [4.78, 5) is 13.2. The summed E-state index contributed by atoms with van der Waals surface area (Å²) in [5.74, 6) is 0.754. The fourth-order valence-electron chi connectivity index (χ4n) is 1.98. The Morgan fingerprint density at radius 1 is 1.19 bits per heavy atom. The lowest BCUT2D eigenvalue weighted by atomic mass is 10.3. The molecule has 2 aromatic heterocycles. The highest BCUT2D eigenvalue weighted by Gasteiger charge is 2.30. The van der Waals surface area contributed by atoms with Crippen molar-refractivity contribution < 1.29 is 17.9 Å². The quantitative estimate of drug-likeness (QED) is 0.434. The van der Waals surface area contributed by atoms with Gasteiger partial charge in [-0.15, -0.1) is 11.3 Å². The molecular weight excluding hydrogens is 367 g/mol. The van der Waals surface area contributed by atoms with E-state index in [0.717, 1.165) is 23.7 Å². The molecular formula is C16H20F3N5OS. The zero-order valence-electron chi connectivity index (χ0n) is 14.4. The Morgan fingerprint density at radius 2 is 1.96 bits per heavy atom. The van der Waals surface area contributed by atoms with Gasteiger partial charge in [0.15, 0.2) is 5.96 Å². The van der Waals surface area contributed by atoms with Crippen LogP contribution < -0.4 is 15.4 Å². The van der Waals surface area contributed by atoms with Crippen LogP contribution in [-0.4, -0.2) is 42.7 Å². The van der Waals surface area contributed by atoms with Crippen molar-refractivity contribution in [2.24, 2.45) is 4.99 Å². The molecule has 0 bridgehead atoms. The minimum atomic E-state index is -4.40. The SMILES string of the molecule is CN=C(NCCOc1ccc(C(F)(F)F)cn1)NCCc1ncc(C)s1. The van der Waals surface area contributed by atoms with E-state index in [1.54, 1.807) is 18.4 Å². The standard InChI is InChI=1S/C16H20F3N5OS/c1-11-9-24-14(26-11)5-6-21-15(20-2)22-7-8-25-13-4-3-12(10-23-13)16(17,18)19/h3-4,9-10H,5-8H2,1-2H3,(H2,20,21,22). The Kier molecular flexibility index (Phi) is 7.19. The molecule has 2 rings (SSSR count). The van der Waals surface area contributed by atoms with Gasteiger partial charge in [-0.05, 0) is 13.0 Å². The van der Waals surface area contributed by atoms with Crippen molar-refractivity contribution in [3.8, 4) is 5.88 Å². The van der Waals surface area contributed by atoms with Crippen LogP contribution in [0.25, 0.3) is 0 Å². The van der Waals surface area contributed by atoms with Gasteiger partial charge in [-0.25, -0.2) is 9.97 Å². The Labute approximate surface area is 153 Å². The van der Waals surface area contributed by atoms with Gasteiger partial charge in [0.1, 0.15) is 6.61 Å². The Balaban J connectivity index is 1.65. The fourth-order valence-corrected chi connectivity index (χ4v) is 2.77. The fraction of sp³-hybridized carbons (Fsp3) is 0.438. The van der Waals surface area contributed by atoms with Crippen LogP contribution in [-0.2, 0) is 12.6 Å². The number of nitrogens with one attached hydrogen (secondary N) is 2.